The lowest BCUT2D eigenvalue weighted by Crippen LogP contribution is -2.24. The summed E-state index contributed by atoms with van der Waals surface area (Å²) in [4.78, 5) is 21.6. The first-order chi connectivity index (χ1) is 16.5. The third-order valence-electron chi connectivity index (χ3n) is 5.27. The number of rotatable bonds is 7. The number of sulfone groups is 1. The normalized spacial score (nSPS) is 14.3. The van der Waals surface area contributed by atoms with Crippen LogP contribution in [0.5, 0.6) is 11.5 Å². The number of ether oxygens (including phenoxy) is 1. The Balaban J connectivity index is 1.59. The first-order valence-corrected chi connectivity index (χ1v) is 12.4. The van der Waals surface area contributed by atoms with Crippen molar-refractivity contribution in [3.63, 3.8) is 0 Å². The van der Waals surface area contributed by atoms with Gasteiger partial charge < -0.3 is 15.0 Å². The van der Waals surface area contributed by atoms with Crippen LogP contribution in [0, 0.1) is 0 Å². The van der Waals surface area contributed by atoms with Crippen molar-refractivity contribution >= 4 is 27.2 Å². The van der Waals surface area contributed by atoms with Crippen LogP contribution >= 0.6 is 0 Å². The molecule has 184 valence electrons. The predicted octanol–water partition coefficient (Wildman–Crippen LogP) is 4.56. The molecule has 1 aliphatic rings. The number of amides is 1. The lowest BCUT2D eigenvalue weighted by molar-refractivity contribution is -0.137. The Kier molecular flexibility index (Phi) is 6.66. The largest absolute Gasteiger partial charge is 0.455 e. The average molecular weight is 507 g/mol. The zero-order valence-electron chi connectivity index (χ0n) is 18.5. The van der Waals surface area contributed by atoms with Gasteiger partial charge in [-0.15, -0.1) is 0 Å². The number of nitrogens with zero attached hydrogens (tertiary/aromatic N) is 3. The van der Waals surface area contributed by atoms with Gasteiger partial charge in [0.25, 0.3) is 0 Å². The van der Waals surface area contributed by atoms with Crippen molar-refractivity contribution in [2.45, 2.75) is 30.6 Å². The van der Waals surface area contributed by atoms with Gasteiger partial charge in [0.1, 0.15) is 17.3 Å². The number of hydrogen-bond acceptors (Lipinski definition) is 7. The van der Waals surface area contributed by atoms with Crippen molar-refractivity contribution in [1.29, 1.82) is 0 Å². The predicted molar refractivity (Wildman–Crippen MR) is 121 cm³/mol. The molecule has 0 radical (unpaired) electrons. The van der Waals surface area contributed by atoms with Crippen molar-refractivity contribution in [2.75, 3.05) is 18.1 Å². The summed E-state index contributed by atoms with van der Waals surface area (Å²) >= 11 is 0. The van der Waals surface area contributed by atoms with Crippen molar-refractivity contribution in [2.24, 2.45) is 0 Å². The van der Waals surface area contributed by atoms with E-state index in [9.17, 15) is 26.4 Å². The average Bonchev–Trinajstić information content (AvgIpc) is 3.19. The summed E-state index contributed by atoms with van der Waals surface area (Å²) in [5.74, 6) is 0.953. The molecule has 12 heteroatoms. The minimum Gasteiger partial charge on any atom is -0.455 e. The summed E-state index contributed by atoms with van der Waals surface area (Å²) in [6.45, 7) is 0.861. The molecule has 3 heterocycles. The van der Waals surface area contributed by atoms with E-state index in [1.54, 1.807) is 23.1 Å². The number of nitrogens with one attached hydrogen (secondary N) is 1. The molecular weight excluding hydrogens is 485 g/mol. The molecule has 1 aliphatic heterocycles. The molecule has 2 aromatic heterocycles. The number of anilines is 2. The molecular formula is C23H21F3N4O4S. The molecule has 0 unspecified atom stereocenters. The van der Waals surface area contributed by atoms with Gasteiger partial charge in [0.2, 0.25) is 5.91 Å². The van der Waals surface area contributed by atoms with Crippen LogP contribution in [0.1, 0.15) is 24.0 Å². The van der Waals surface area contributed by atoms with Crippen molar-refractivity contribution in [3.8, 4) is 11.5 Å². The second kappa shape index (κ2) is 9.53. The molecule has 1 fully saturated rings. The zero-order chi connectivity index (χ0) is 25.2. The monoisotopic (exact) mass is 506 g/mol. The van der Waals surface area contributed by atoms with E-state index in [0.717, 1.165) is 24.9 Å². The standard InChI is InChI=1S/C23H21F3N4O4S/c1-35(32,33)21-9-6-18(13-28-21)34-19-7-5-17(11-15(19)14-30-10-2-3-22(30)31)29-20-8-4-16(12-27-20)23(24,25)26/h4-9,11-13H,2-3,10,14H2,1H3,(H,27,29). The van der Waals surface area contributed by atoms with Gasteiger partial charge >= 0.3 is 6.18 Å². The summed E-state index contributed by atoms with van der Waals surface area (Å²) in [5.41, 5.74) is 0.330. The van der Waals surface area contributed by atoms with Crippen molar-refractivity contribution < 1.29 is 31.1 Å². The summed E-state index contributed by atoms with van der Waals surface area (Å²) in [6.07, 6.45) is -0.178. The minimum atomic E-state index is -4.48. The minimum absolute atomic E-state index is 0.0119. The number of hydrogen-bond donors (Lipinski definition) is 1. The molecule has 1 aromatic carbocycles. The Bertz CT molecular complexity index is 1330. The third kappa shape index (κ3) is 6.07. The molecule has 8 nitrogen and oxygen atoms in total. The maximum Gasteiger partial charge on any atom is 0.417 e. The lowest BCUT2D eigenvalue weighted by atomic mass is 10.1. The van der Waals surface area contributed by atoms with Gasteiger partial charge in [-0.1, -0.05) is 0 Å². The van der Waals surface area contributed by atoms with Crippen LogP contribution in [-0.4, -0.2) is 42.0 Å². The molecule has 3 aromatic rings. The Labute approximate surface area is 199 Å². The van der Waals surface area contributed by atoms with Crippen LogP contribution in [0.25, 0.3) is 0 Å². The van der Waals surface area contributed by atoms with Gasteiger partial charge in [0, 0.05) is 43.2 Å². The number of carbonyl (C=O) groups is 1. The van der Waals surface area contributed by atoms with E-state index in [2.05, 4.69) is 15.3 Å². The summed E-state index contributed by atoms with van der Waals surface area (Å²) in [6, 6.07) is 10.00. The number of pyridine rings is 2. The van der Waals surface area contributed by atoms with E-state index in [0.29, 0.717) is 35.7 Å². The summed E-state index contributed by atoms with van der Waals surface area (Å²) in [7, 11) is -3.46. The van der Waals surface area contributed by atoms with Crippen LogP contribution in [0.2, 0.25) is 0 Å². The van der Waals surface area contributed by atoms with Crippen LogP contribution in [0.3, 0.4) is 0 Å². The lowest BCUT2D eigenvalue weighted by Gasteiger charge is -2.19. The summed E-state index contributed by atoms with van der Waals surface area (Å²) in [5, 5.41) is 2.87. The van der Waals surface area contributed by atoms with Crippen LogP contribution in [0.4, 0.5) is 24.7 Å². The van der Waals surface area contributed by atoms with Gasteiger partial charge in [-0.3, -0.25) is 4.79 Å². The van der Waals surface area contributed by atoms with Gasteiger partial charge in [-0.2, -0.15) is 13.2 Å². The fourth-order valence-corrected chi connectivity index (χ4v) is 4.07. The fourth-order valence-electron chi connectivity index (χ4n) is 3.51. The van der Waals surface area contributed by atoms with Crippen LogP contribution in [0.15, 0.2) is 59.9 Å². The Morgan fingerprint density at radius 2 is 1.89 bits per heavy atom. The molecule has 4 rings (SSSR count). The maximum absolute atomic E-state index is 12.8. The number of carbonyl (C=O) groups excluding carboxylic acids is 1. The number of halogens is 3. The van der Waals surface area contributed by atoms with E-state index in [1.165, 1.54) is 24.4 Å². The van der Waals surface area contributed by atoms with E-state index in [4.69, 9.17) is 4.74 Å². The molecule has 0 spiro atoms. The topological polar surface area (TPSA) is 101 Å². The summed E-state index contributed by atoms with van der Waals surface area (Å²) < 4.78 is 67.5. The second-order valence-electron chi connectivity index (χ2n) is 8.00. The molecule has 0 saturated carbocycles. The number of likely N-dealkylation sites (tertiary alicyclic amines) is 1. The Hall–Kier alpha value is -3.67. The van der Waals surface area contributed by atoms with E-state index in [-0.39, 0.29) is 23.3 Å². The highest BCUT2D eigenvalue weighted by molar-refractivity contribution is 7.90. The maximum atomic E-state index is 12.8. The highest BCUT2D eigenvalue weighted by Crippen LogP contribution is 2.32. The first kappa shape index (κ1) is 24.5. The Morgan fingerprint density at radius 1 is 1.09 bits per heavy atom. The van der Waals surface area contributed by atoms with Crippen LogP contribution < -0.4 is 10.1 Å². The van der Waals surface area contributed by atoms with E-state index < -0.39 is 21.6 Å². The van der Waals surface area contributed by atoms with Gasteiger partial charge in [-0.05, 0) is 48.9 Å². The molecule has 1 amide bonds. The highest BCUT2D eigenvalue weighted by atomic mass is 32.2. The molecule has 0 aliphatic carbocycles. The van der Waals surface area contributed by atoms with Crippen molar-refractivity contribution in [3.05, 3.63) is 66.0 Å². The first-order valence-electron chi connectivity index (χ1n) is 10.5. The molecule has 1 saturated heterocycles. The zero-order valence-corrected chi connectivity index (χ0v) is 19.4. The van der Waals surface area contributed by atoms with Gasteiger partial charge in [0.15, 0.2) is 14.9 Å². The van der Waals surface area contributed by atoms with Crippen molar-refractivity contribution in [1.82, 2.24) is 14.9 Å². The number of aromatic nitrogens is 2. The van der Waals surface area contributed by atoms with E-state index >= 15 is 0 Å². The van der Waals surface area contributed by atoms with E-state index in [1.807, 2.05) is 0 Å². The Morgan fingerprint density at radius 3 is 2.46 bits per heavy atom. The highest BCUT2D eigenvalue weighted by Gasteiger charge is 2.30. The molecule has 0 atom stereocenters. The fraction of sp³-hybridized carbons (Fsp3) is 0.261. The van der Waals surface area contributed by atoms with Crippen LogP contribution in [-0.2, 0) is 27.4 Å². The molecule has 35 heavy (non-hydrogen) atoms. The third-order valence-corrected chi connectivity index (χ3v) is 6.27. The second-order valence-corrected chi connectivity index (χ2v) is 9.97. The number of alkyl halides is 3. The molecule has 0 bridgehead atoms. The van der Waals surface area contributed by atoms with Gasteiger partial charge in [-0.25, -0.2) is 18.4 Å². The smallest absolute Gasteiger partial charge is 0.417 e. The number of benzene rings is 1. The quantitative estimate of drug-likeness (QED) is 0.501. The van der Waals surface area contributed by atoms with Gasteiger partial charge in [0.05, 0.1) is 11.8 Å². The molecule has 1 N–H and O–H groups in total. The SMILES string of the molecule is CS(=O)(=O)c1ccc(Oc2ccc(Nc3ccc(C(F)(F)F)cn3)cc2CN2CCCC2=O)cn1.